The molecule has 2 aliphatic heterocycles. The van der Waals surface area contributed by atoms with Crippen molar-refractivity contribution in [1.82, 2.24) is 5.32 Å². The number of halogens is 3. The zero-order valence-corrected chi connectivity index (χ0v) is 17.9. The molecule has 1 saturated carbocycles. The Morgan fingerprint density at radius 1 is 1.00 bits per heavy atom. The van der Waals surface area contributed by atoms with Crippen LogP contribution in [0.25, 0.3) is 0 Å². The van der Waals surface area contributed by atoms with Gasteiger partial charge in [0.05, 0.1) is 18.4 Å². The maximum Gasteiger partial charge on any atom is 0.416 e. The molecule has 3 N–H and O–H groups in total. The topological polar surface area (TPSA) is 148 Å². The molecule has 2 heterocycles. The van der Waals surface area contributed by atoms with Gasteiger partial charge in [0, 0.05) is 6.42 Å². The molecule has 1 spiro atoms. The number of aliphatic hydroxyl groups is 2. The standard InChI is InChI=1S/C21H20F3NO9/c1-17(30)15(28)19(25-2,10-3-5-11(6-4-10)21(22,23)24)7-12-20(17)33-14(27)9-18(31,16(29)34-20)8-13(26)32-12/h3-6,12,25,30-31H,7-9H2,1-2H3/t12?,17-,18?,19+,20?/m0/s1. The second-order valence-corrected chi connectivity index (χ2v) is 8.73. The Kier molecular flexibility index (Phi) is 5.13. The highest BCUT2D eigenvalue weighted by atomic mass is 19.4. The highest BCUT2D eigenvalue weighted by Gasteiger charge is 2.76. The van der Waals surface area contributed by atoms with Crippen molar-refractivity contribution in [3.05, 3.63) is 35.4 Å². The monoisotopic (exact) mass is 487 g/mol. The van der Waals surface area contributed by atoms with Gasteiger partial charge in [-0.3, -0.25) is 14.4 Å². The molecule has 3 fully saturated rings. The number of ketones is 1. The molecule has 0 aromatic heterocycles. The second-order valence-electron chi connectivity index (χ2n) is 8.73. The molecule has 13 heteroatoms. The van der Waals surface area contributed by atoms with E-state index in [1.807, 2.05) is 0 Å². The summed E-state index contributed by atoms with van der Waals surface area (Å²) in [4.78, 5) is 51.3. The third kappa shape index (κ3) is 3.21. The van der Waals surface area contributed by atoms with Crippen LogP contribution in [-0.2, 0) is 45.1 Å². The lowest BCUT2D eigenvalue weighted by Gasteiger charge is -2.54. The molecule has 0 amide bonds. The van der Waals surface area contributed by atoms with E-state index in [2.05, 4.69) is 5.32 Å². The quantitative estimate of drug-likeness (QED) is 0.490. The van der Waals surface area contributed by atoms with Crippen molar-refractivity contribution >= 4 is 23.7 Å². The molecule has 2 bridgehead atoms. The van der Waals surface area contributed by atoms with Crippen LogP contribution in [0.2, 0.25) is 0 Å². The lowest BCUT2D eigenvalue weighted by Crippen LogP contribution is -2.78. The number of hydrogen-bond donors (Lipinski definition) is 3. The van der Waals surface area contributed by atoms with Crippen LogP contribution in [0.15, 0.2) is 24.3 Å². The average Bonchev–Trinajstić information content (AvgIpc) is 2.80. The third-order valence-corrected chi connectivity index (χ3v) is 6.59. The number of carbonyl (C=O) groups is 4. The summed E-state index contributed by atoms with van der Waals surface area (Å²) in [5.74, 6) is -7.84. The highest BCUT2D eigenvalue weighted by Crippen LogP contribution is 2.51. The first kappa shape index (κ1) is 24.1. The number of hydrogen-bond acceptors (Lipinski definition) is 10. The molecule has 10 nitrogen and oxygen atoms in total. The van der Waals surface area contributed by atoms with Crippen LogP contribution in [0.5, 0.6) is 0 Å². The fourth-order valence-electron chi connectivity index (χ4n) is 4.74. The number of ether oxygens (including phenoxy) is 3. The zero-order valence-electron chi connectivity index (χ0n) is 17.9. The Balaban J connectivity index is 1.88. The SMILES string of the molecule is CN[C@@]1(c2ccc(C(F)(F)F)cc2)CC2OC(=O)CC3(O)CC(=O)OC2(OC3=O)[C@@](C)(O)C1=O. The maximum atomic E-state index is 13.7. The van der Waals surface area contributed by atoms with E-state index in [0.29, 0.717) is 0 Å². The van der Waals surface area contributed by atoms with Crippen LogP contribution >= 0.6 is 0 Å². The minimum Gasteiger partial charge on any atom is -0.454 e. The minimum absolute atomic E-state index is 0.0241. The number of alkyl halides is 3. The van der Waals surface area contributed by atoms with Crippen LogP contribution in [-0.4, -0.2) is 64.0 Å². The molecule has 34 heavy (non-hydrogen) atoms. The molecule has 3 unspecified atom stereocenters. The molecule has 5 atom stereocenters. The molecule has 1 aromatic rings. The third-order valence-electron chi connectivity index (χ3n) is 6.59. The summed E-state index contributed by atoms with van der Waals surface area (Å²) >= 11 is 0. The van der Waals surface area contributed by atoms with E-state index in [-0.39, 0.29) is 5.56 Å². The summed E-state index contributed by atoms with van der Waals surface area (Å²) in [5, 5.41) is 24.6. The lowest BCUT2D eigenvalue weighted by atomic mass is 9.64. The van der Waals surface area contributed by atoms with E-state index in [1.54, 1.807) is 0 Å². The van der Waals surface area contributed by atoms with Gasteiger partial charge in [-0.1, -0.05) is 12.1 Å². The fraction of sp³-hybridized carbons (Fsp3) is 0.524. The highest BCUT2D eigenvalue weighted by molar-refractivity contribution is 6.00. The average molecular weight is 487 g/mol. The normalized spacial score (nSPS) is 38.1. The molecular formula is C21H20F3NO9. The van der Waals surface area contributed by atoms with Gasteiger partial charge in [0.15, 0.2) is 17.5 Å². The van der Waals surface area contributed by atoms with Crippen molar-refractivity contribution in [2.75, 3.05) is 7.05 Å². The summed E-state index contributed by atoms with van der Waals surface area (Å²) in [5.41, 5.74) is -8.45. The number of likely N-dealkylation sites (N-methyl/N-ethyl adjacent to an activating group) is 1. The molecule has 0 radical (unpaired) electrons. The molecule has 1 aliphatic carbocycles. The number of Topliss-reactive ketones (excluding diaryl/α,β-unsaturated/α-hetero) is 1. The van der Waals surface area contributed by atoms with Gasteiger partial charge in [-0.15, -0.1) is 0 Å². The molecule has 3 aliphatic rings. The smallest absolute Gasteiger partial charge is 0.416 e. The summed E-state index contributed by atoms with van der Waals surface area (Å²) in [7, 11) is 1.29. The van der Waals surface area contributed by atoms with E-state index in [4.69, 9.17) is 14.2 Å². The Morgan fingerprint density at radius 2 is 1.59 bits per heavy atom. The van der Waals surface area contributed by atoms with E-state index >= 15 is 0 Å². The predicted molar refractivity (Wildman–Crippen MR) is 101 cm³/mol. The van der Waals surface area contributed by atoms with E-state index in [1.165, 1.54) is 7.05 Å². The molecular weight excluding hydrogens is 467 g/mol. The van der Waals surface area contributed by atoms with Crippen LogP contribution < -0.4 is 5.32 Å². The van der Waals surface area contributed by atoms with Gasteiger partial charge < -0.3 is 29.7 Å². The van der Waals surface area contributed by atoms with E-state index in [9.17, 15) is 42.6 Å². The lowest BCUT2D eigenvalue weighted by molar-refractivity contribution is -0.329. The Morgan fingerprint density at radius 3 is 2.15 bits per heavy atom. The van der Waals surface area contributed by atoms with Gasteiger partial charge in [0.25, 0.3) is 0 Å². The van der Waals surface area contributed by atoms with Crippen molar-refractivity contribution in [2.24, 2.45) is 0 Å². The summed E-state index contributed by atoms with van der Waals surface area (Å²) in [6.45, 7) is 0.859. The first-order valence-electron chi connectivity index (χ1n) is 10.1. The van der Waals surface area contributed by atoms with Crippen LogP contribution in [0.1, 0.15) is 37.3 Å². The van der Waals surface area contributed by atoms with E-state index in [0.717, 1.165) is 31.2 Å². The van der Waals surface area contributed by atoms with Crippen LogP contribution in [0.4, 0.5) is 13.2 Å². The van der Waals surface area contributed by atoms with Gasteiger partial charge in [-0.25, -0.2) is 4.79 Å². The number of esters is 3. The Labute approximate surface area is 190 Å². The van der Waals surface area contributed by atoms with Gasteiger partial charge in [-0.2, -0.15) is 13.2 Å². The second kappa shape index (κ2) is 7.23. The number of rotatable bonds is 2. The molecule has 1 aromatic carbocycles. The van der Waals surface area contributed by atoms with Crippen molar-refractivity contribution in [3.8, 4) is 0 Å². The van der Waals surface area contributed by atoms with Crippen molar-refractivity contribution < 1.29 is 56.8 Å². The number of benzene rings is 1. The van der Waals surface area contributed by atoms with Crippen LogP contribution in [0, 0.1) is 0 Å². The van der Waals surface area contributed by atoms with Crippen LogP contribution in [0.3, 0.4) is 0 Å². The number of carbonyl (C=O) groups excluding carboxylic acids is 4. The summed E-state index contributed by atoms with van der Waals surface area (Å²) in [6, 6.07) is 3.49. The predicted octanol–water partition coefficient (Wildman–Crippen LogP) is 0.0769. The van der Waals surface area contributed by atoms with Crippen molar-refractivity contribution in [2.45, 2.75) is 61.0 Å². The van der Waals surface area contributed by atoms with Crippen molar-refractivity contribution in [3.63, 3.8) is 0 Å². The summed E-state index contributed by atoms with van der Waals surface area (Å²) < 4.78 is 54.8. The van der Waals surface area contributed by atoms with Gasteiger partial charge >= 0.3 is 29.9 Å². The molecule has 4 rings (SSSR count). The number of nitrogens with one attached hydrogen (secondary N) is 1. The van der Waals surface area contributed by atoms with Gasteiger partial charge in [0.2, 0.25) is 5.60 Å². The Hall–Kier alpha value is -3.03. The number of fused-ring (bicyclic) bond motifs is 2. The molecule has 184 valence electrons. The minimum atomic E-state index is -4.65. The summed E-state index contributed by atoms with van der Waals surface area (Å²) in [6.07, 6.45) is -8.95. The fourth-order valence-corrected chi connectivity index (χ4v) is 4.74. The Bertz CT molecular complexity index is 1090. The first-order chi connectivity index (χ1) is 15.6. The first-order valence-corrected chi connectivity index (χ1v) is 10.1. The largest absolute Gasteiger partial charge is 0.454 e. The van der Waals surface area contributed by atoms with Crippen molar-refractivity contribution in [1.29, 1.82) is 0 Å². The zero-order chi connectivity index (χ0) is 25.3. The van der Waals surface area contributed by atoms with Gasteiger partial charge in [0.1, 0.15) is 5.54 Å². The maximum absolute atomic E-state index is 13.7. The van der Waals surface area contributed by atoms with E-state index < -0.39 is 83.3 Å². The van der Waals surface area contributed by atoms with Gasteiger partial charge in [-0.05, 0) is 31.7 Å². The molecule has 2 saturated heterocycles.